The Morgan fingerprint density at radius 2 is 2.06 bits per heavy atom. The summed E-state index contributed by atoms with van der Waals surface area (Å²) in [4.78, 5) is 14.2. The van der Waals surface area contributed by atoms with Crippen molar-refractivity contribution in [2.24, 2.45) is 0 Å². The minimum absolute atomic E-state index is 0.151. The lowest BCUT2D eigenvalue weighted by molar-refractivity contribution is 0.0512. The summed E-state index contributed by atoms with van der Waals surface area (Å²) in [6, 6.07) is 9.85. The molecular formula is C12H13N3O2. The molecule has 0 saturated carbocycles. The second kappa shape index (κ2) is 5.25. The van der Waals surface area contributed by atoms with Crippen molar-refractivity contribution in [1.29, 1.82) is 0 Å². The smallest absolute Gasteiger partial charge is 0.376 e. The number of rotatable bonds is 4. The van der Waals surface area contributed by atoms with Crippen LogP contribution in [-0.2, 0) is 11.2 Å². The van der Waals surface area contributed by atoms with Crippen LogP contribution in [0.5, 0.6) is 0 Å². The minimum atomic E-state index is -0.473. The maximum Gasteiger partial charge on any atom is 0.376 e. The number of hydrogen-bond acceptors (Lipinski definition) is 4. The summed E-state index contributed by atoms with van der Waals surface area (Å²) in [6.45, 7) is 2.08. The molecule has 17 heavy (non-hydrogen) atoms. The van der Waals surface area contributed by atoms with Crippen LogP contribution in [0.3, 0.4) is 0 Å². The fourth-order valence-corrected chi connectivity index (χ4v) is 1.46. The van der Waals surface area contributed by atoms with E-state index in [0.717, 1.165) is 5.56 Å². The second-order valence-corrected chi connectivity index (χ2v) is 3.50. The molecular weight excluding hydrogens is 218 g/mol. The molecule has 0 unspecified atom stereocenters. The lowest BCUT2D eigenvalue weighted by Crippen LogP contribution is -2.06. The van der Waals surface area contributed by atoms with E-state index < -0.39 is 5.97 Å². The van der Waals surface area contributed by atoms with Gasteiger partial charge in [-0.3, -0.25) is 0 Å². The van der Waals surface area contributed by atoms with Crippen LogP contribution in [0, 0.1) is 0 Å². The van der Waals surface area contributed by atoms with Gasteiger partial charge in [0.05, 0.1) is 6.61 Å². The van der Waals surface area contributed by atoms with Gasteiger partial charge in [0.25, 0.3) is 0 Å². The van der Waals surface area contributed by atoms with Crippen molar-refractivity contribution in [1.82, 2.24) is 15.2 Å². The average Bonchev–Trinajstić information content (AvgIpc) is 2.79. The van der Waals surface area contributed by atoms with Crippen molar-refractivity contribution >= 4 is 5.97 Å². The van der Waals surface area contributed by atoms with E-state index in [4.69, 9.17) is 4.74 Å². The predicted molar refractivity (Wildman–Crippen MR) is 61.6 cm³/mol. The van der Waals surface area contributed by atoms with Crippen LogP contribution in [0.25, 0.3) is 0 Å². The molecule has 0 atom stereocenters. The number of ether oxygens (including phenoxy) is 1. The van der Waals surface area contributed by atoms with E-state index in [0.29, 0.717) is 18.9 Å². The van der Waals surface area contributed by atoms with Crippen LogP contribution >= 0.6 is 0 Å². The number of carbonyl (C=O) groups is 1. The number of nitrogens with one attached hydrogen (secondary N) is 1. The van der Waals surface area contributed by atoms with Crippen molar-refractivity contribution in [3.05, 3.63) is 47.5 Å². The normalized spacial score (nSPS) is 10.2. The van der Waals surface area contributed by atoms with Crippen LogP contribution in [0.15, 0.2) is 30.3 Å². The first-order valence-electron chi connectivity index (χ1n) is 5.42. The third kappa shape index (κ3) is 2.90. The van der Waals surface area contributed by atoms with Crippen LogP contribution in [0.4, 0.5) is 0 Å². The minimum Gasteiger partial charge on any atom is -0.460 e. The van der Waals surface area contributed by atoms with Gasteiger partial charge in [-0.1, -0.05) is 30.3 Å². The van der Waals surface area contributed by atoms with Crippen LogP contribution in [0.2, 0.25) is 0 Å². The second-order valence-electron chi connectivity index (χ2n) is 3.50. The number of benzene rings is 1. The highest BCUT2D eigenvalue weighted by atomic mass is 16.5. The maximum absolute atomic E-state index is 11.4. The summed E-state index contributed by atoms with van der Waals surface area (Å²) in [5, 5.41) is 7.66. The first kappa shape index (κ1) is 11.3. The number of hydrogen-bond donors (Lipinski definition) is 1. The van der Waals surface area contributed by atoms with E-state index in [1.54, 1.807) is 6.92 Å². The molecule has 2 aromatic rings. The van der Waals surface area contributed by atoms with Crippen molar-refractivity contribution < 1.29 is 9.53 Å². The quantitative estimate of drug-likeness (QED) is 0.811. The van der Waals surface area contributed by atoms with Gasteiger partial charge < -0.3 is 9.72 Å². The van der Waals surface area contributed by atoms with E-state index in [2.05, 4.69) is 15.2 Å². The molecule has 0 aliphatic rings. The van der Waals surface area contributed by atoms with Gasteiger partial charge in [0, 0.05) is 6.42 Å². The van der Waals surface area contributed by atoms with Gasteiger partial charge in [0.1, 0.15) is 5.82 Å². The molecule has 5 heteroatoms. The van der Waals surface area contributed by atoms with Crippen molar-refractivity contribution in [2.45, 2.75) is 13.3 Å². The molecule has 0 bridgehead atoms. The van der Waals surface area contributed by atoms with E-state index >= 15 is 0 Å². The van der Waals surface area contributed by atoms with Gasteiger partial charge in [-0.05, 0) is 12.5 Å². The van der Waals surface area contributed by atoms with E-state index in [-0.39, 0.29) is 5.82 Å². The SMILES string of the molecule is CCOC(=O)c1nnc(Cc2ccccc2)[nH]1. The van der Waals surface area contributed by atoms with Crippen LogP contribution in [-0.4, -0.2) is 27.8 Å². The Hall–Kier alpha value is -2.17. The van der Waals surface area contributed by atoms with Gasteiger partial charge in [-0.2, -0.15) is 0 Å². The summed E-state index contributed by atoms with van der Waals surface area (Å²) in [7, 11) is 0. The molecule has 0 amide bonds. The Labute approximate surface area is 98.8 Å². The fourth-order valence-electron chi connectivity index (χ4n) is 1.46. The summed E-state index contributed by atoms with van der Waals surface area (Å²) in [6.07, 6.45) is 0.618. The Bertz CT molecular complexity index is 493. The van der Waals surface area contributed by atoms with Crippen LogP contribution in [0.1, 0.15) is 28.9 Å². The number of aromatic amines is 1. The Balaban J connectivity index is 2.06. The molecule has 0 radical (unpaired) electrons. The number of H-pyrrole nitrogens is 1. The number of carbonyl (C=O) groups excluding carboxylic acids is 1. The zero-order valence-electron chi connectivity index (χ0n) is 9.51. The highest BCUT2D eigenvalue weighted by Crippen LogP contribution is 2.05. The van der Waals surface area contributed by atoms with Crippen molar-refractivity contribution in [2.75, 3.05) is 6.61 Å². The van der Waals surface area contributed by atoms with Gasteiger partial charge >= 0.3 is 5.97 Å². The number of aromatic nitrogens is 3. The molecule has 0 aliphatic heterocycles. The zero-order valence-corrected chi connectivity index (χ0v) is 9.51. The molecule has 0 saturated heterocycles. The monoisotopic (exact) mass is 231 g/mol. The lowest BCUT2D eigenvalue weighted by atomic mass is 10.1. The standard InChI is InChI=1S/C12H13N3O2/c1-2-17-12(16)11-13-10(14-15-11)8-9-6-4-3-5-7-9/h3-7H,2,8H2,1H3,(H,13,14,15). The highest BCUT2D eigenvalue weighted by molar-refractivity contribution is 5.84. The van der Waals surface area contributed by atoms with Crippen LogP contribution < -0.4 is 0 Å². The van der Waals surface area contributed by atoms with Crippen molar-refractivity contribution in [3.8, 4) is 0 Å². The van der Waals surface area contributed by atoms with E-state index in [1.165, 1.54) is 0 Å². The molecule has 0 spiro atoms. The highest BCUT2D eigenvalue weighted by Gasteiger charge is 2.12. The predicted octanol–water partition coefficient (Wildman–Crippen LogP) is 1.57. The molecule has 1 heterocycles. The number of nitrogens with zero attached hydrogens (tertiary/aromatic N) is 2. The van der Waals surface area contributed by atoms with Gasteiger partial charge in [0.2, 0.25) is 5.82 Å². The molecule has 1 N–H and O–H groups in total. The molecule has 5 nitrogen and oxygen atoms in total. The molecule has 88 valence electrons. The first-order valence-corrected chi connectivity index (χ1v) is 5.42. The molecule has 1 aromatic carbocycles. The van der Waals surface area contributed by atoms with E-state index in [1.807, 2.05) is 30.3 Å². The maximum atomic E-state index is 11.4. The van der Waals surface area contributed by atoms with Gasteiger partial charge in [0.15, 0.2) is 0 Å². The van der Waals surface area contributed by atoms with Crippen molar-refractivity contribution in [3.63, 3.8) is 0 Å². The third-order valence-electron chi connectivity index (χ3n) is 2.22. The summed E-state index contributed by atoms with van der Waals surface area (Å²) >= 11 is 0. The molecule has 2 rings (SSSR count). The fraction of sp³-hybridized carbons (Fsp3) is 0.250. The first-order chi connectivity index (χ1) is 8.29. The van der Waals surface area contributed by atoms with E-state index in [9.17, 15) is 4.79 Å². The molecule has 0 fully saturated rings. The molecule has 1 aromatic heterocycles. The summed E-state index contributed by atoms with van der Waals surface area (Å²) in [5.74, 6) is 0.330. The summed E-state index contributed by atoms with van der Waals surface area (Å²) in [5.41, 5.74) is 1.11. The van der Waals surface area contributed by atoms with Gasteiger partial charge in [-0.15, -0.1) is 10.2 Å². The average molecular weight is 231 g/mol. The Kier molecular flexibility index (Phi) is 3.49. The Morgan fingerprint density at radius 3 is 2.76 bits per heavy atom. The largest absolute Gasteiger partial charge is 0.460 e. The third-order valence-corrected chi connectivity index (χ3v) is 2.22. The van der Waals surface area contributed by atoms with Gasteiger partial charge in [-0.25, -0.2) is 4.79 Å². The topological polar surface area (TPSA) is 67.9 Å². The zero-order chi connectivity index (χ0) is 12.1. The summed E-state index contributed by atoms with van der Waals surface area (Å²) < 4.78 is 4.82. The number of esters is 1. The lowest BCUT2D eigenvalue weighted by Gasteiger charge is -1.97. The Morgan fingerprint density at radius 1 is 1.29 bits per heavy atom. The molecule has 0 aliphatic carbocycles.